The van der Waals surface area contributed by atoms with E-state index in [1.54, 1.807) is 11.9 Å². The minimum atomic E-state index is -0.641. The molecule has 0 spiro atoms. The van der Waals surface area contributed by atoms with Gasteiger partial charge in [0.25, 0.3) is 0 Å². The first-order valence-electron chi connectivity index (χ1n) is 5.66. The summed E-state index contributed by atoms with van der Waals surface area (Å²) in [4.78, 5) is 1.60. The third kappa shape index (κ3) is 2.75. The average Bonchev–Trinajstić information content (AvgIpc) is 2.27. The molecule has 0 aliphatic rings. The molecule has 1 aromatic carbocycles. The van der Waals surface area contributed by atoms with Crippen molar-refractivity contribution in [1.29, 1.82) is 0 Å². The molecule has 0 bridgehead atoms. The van der Waals surface area contributed by atoms with Crippen molar-refractivity contribution in [3.63, 3.8) is 0 Å². The third-order valence-electron chi connectivity index (χ3n) is 3.37. The summed E-state index contributed by atoms with van der Waals surface area (Å²) in [6, 6.07) is 2.33. The van der Waals surface area contributed by atoms with Gasteiger partial charge >= 0.3 is 0 Å². The summed E-state index contributed by atoms with van der Waals surface area (Å²) in [7, 11) is 1.67. The number of rotatable bonds is 4. The first-order valence-corrected chi connectivity index (χ1v) is 5.66. The van der Waals surface area contributed by atoms with E-state index in [0.717, 1.165) is 6.42 Å². The van der Waals surface area contributed by atoms with Gasteiger partial charge in [-0.05, 0) is 38.0 Å². The zero-order valence-electron chi connectivity index (χ0n) is 10.7. The minimum Gasteiger partial charge on any atom is -0.392 e. The van der Waals surface area contributed by atoms with Gasteiger partial charge in [0, 0.05) is 12.6 Å². The van der Waals surface area contributed by atoms with Crippen molar-refractivity contribution in [2.24, 2.45) is 0 Å². The lowest BCUT2D eigenvalue weighted by Gasteiger charge is -2.37. The fourth-order valence-electron chi connectivity index (χ4n) is 1.57. The number of aliphatic hydroxyl groups excluding tert-OH is 1. The normalized spacial score (nSPS) is 11.7. The van der Waals surface area contributed by atoms with Crippen LogP contribution in [0.15, 0.2) is 12.1 Å². The minimum absolute atomic E-state index is 0.0472. The van der Waals surface area contributed by atoms with Crippen molar-refractivity contribution in [2.45, 2.75) is 39.3 Å². The SMILES string of the molecule is CCC(C)(C)N(C)c1c(F)cc(CO)cc1F. The number of halogens is 2. The number of aliphatic hydroxyl groups is 1. The van der Waals surface area contributed by atoms with Crippen LogP contribution in [0.4, 0.5) is 14.5 Å². The molecule has 0 atom stereocenters. The summed E-state index contributed by atoms with van der Waals surface area (Å²) in [5, 5.41) is 8.88. The summed E-state index contributed by atoms with van der Waals surface area (Å²) >= 11 is 0. The number of anilines is 1. The van der Waals surface area contributed by atoms with Gasteiger partial charge in [0.05, 0.1) is 6.61 Å². The van der Waals surface area contributed by atoms with Gasteiger partial charge in [0.15, 0.2) is 0 Å². The van der Waals surface area contributed by atoms with Crippen LogP contribution in [0.3, 0.4) is 0 Å². The molecule has 0 aromatic heterocycles. The highest BCUT2D eigenvalue weighted by Crippen LogP contribution is 2.30. The van der Waals surface area contributed by atoms with Gasteiger partial charge in [-0.1, -0.05) is 6.92 Å². The Morgan fingerprint density at radius 3 is 2.06 bits per heavy atom. The van der Waals surface area contributed by atoms with Gasteiger partial charge in [0.2, 0.25) is 0 Å². The molecule has 1 N–H and O–H groups in total. The quantitative estimate of drug-likeness (QED) is 0.878. The molecule has 1 rings (SSSR count). The van der Waals surface area contributed by atoms with E-state index < -0.39 is 11.6 Å². The molecule has 4 heteroatoms. The molecule has 0 radical (unpaired) electrons. The predicted octanol–water partition coefficient (Wildman–Crippen LogP) is 3.08. The molecule has 0 aliphatic heterocycles. The molecule has 0 amide bonds. The smallest absolute Gasteiger partial charge is 0.149 e. The van der Waals surface area contributed by atoms with Gasteiger partial charge in [0.1, 0.15) is 17.3 Å². The summed E-state index contributed by atoms with van der Waals surface area (Å²) in [5.41, 5.74) is -0.136. The van der Waals surface area contributed by atoms with Gasteiger partial charge in [-0.15, -0.1) is 0 Å². The maximum absolute atomic E-state index is 13.8. The molecule has 0 fully saturated rings. The number of benzene rings is 1. The molecule has 0 aliphatic carbocycles. The average molecular weight is 243 g/mol. The summed E-state index contributed by atoms with van der Waals surface area (Å²) in [6.45, 7) is 5.45. The Bertz CT molecular complexity index is 381. The van der Waals surface area contributed by atoms with Gasteiger partial charge in [-0.25, -0.2) is 8.78 Å². The monoisotopic (exact) mass is 243 g/mol. The molecule has 1 aromatic rings. The molecule has 0 saturated heterocycles. The molecule has 0 unspecified atom stereocenters. The van der Waals surface area contributed by atoms with Crippen LogP contribution in [0.5, 0.6) is 0 Å². The van der Waals surface area contributed by atoms with Crippen LogP contribution in [0.1, 0.15) is 32.8 Å². The zero-order chi connectivity index (χ0) is 13.2. The summed E-state index contributed by atoms with van der Waals surface area (Å²) in [6.07, 6.45) is 0.768. The molecule has 0 heterocycles. The second-order valence-corrected chi connectivity index (χ2v) is 4.79. The van der Waals surface area contributed by atoms with Crippen LogP contribution in [0.25, 0.3) is 0 Å². The van der Waals surface area contributed by atoms with Crippen molar-refractivity contribution >= 4 is 5.69 Å². The standard InChI is InChI=1S/C13H19F2NO/c1-5-13(2,3)16(4)12-10(14)6-9(8-17)7-11(12)15/h6-7,17H,5,8H2,1-4H3. The highest BCUT2D eigenvalue weighted by Gasteiger charge is 2.26. The van der Waals surface area contributed by atoms with Crippen LogP contribution < -0.4 is 4.90 Å². The maximum Gasteiger partial charge on any atom is 0.149 e. The van der Waals surface area contributed by atoms with E-state index in [2.05, 4.69) is 0 Å². The van der Waals surface area contributed by atoms with Crippen molar-refractivity contribution < 1.29 is 13.9 Å². The van der Waals surface area contributed by atoms with Gasteiger partial charge in [-0.2, -0.15) is 0 Å². The largest absolute Gasteiger partial charge is 0.392 e. The zero-order valence-corrected chi connectivity index (χ0v) is 10.7. The van der Waals surface area contributed by atoms with Gasteiger partial charge in [-0.3, -0.25) is 0 Å². The van der Waals surface area contributed by atoms with Crippen LogP contribution in [-0.2, 0) is 6.61 Å². The van der Waals surface area contributed by atoms with E-state index in [1.165, 1.54) is 12.1 Å². The molecule has 2 nitrogen and oxygen atoms in total. The Morgan fingerprint density at radius 1 is 1.24 bits per heavy atom. The highest BCUT2D eigenvalue weighted by molar-refractivity contribution is 5.52. The topological polar surface area (TPSA) is 23.5 Å². The lowest BCUT2D eigenvalue weighted by Crippen LogP contribution is -2.41. The maximum atomic E-state index is 13.8. The Balaban J connectivity index is 3.23. The van der Waals surface area contributed by atoms with E-state index in [4.69, 9.17) is 5.11 Å². The number of hydrogen-bond donors (Lipinski definition) is 1. The molecule has 0 saturated carbocycles. The predicted molar refractivity (Wildman–Crippen MR) is 65.1 cm³/mol. The molecule has 17 heavy (non-hydrogen) atoms. The fourth-order valence-corrected chi connectivity index (χ4v) is 1.57. The van der Waals surface area contributed by atoms with E-state index in [-0.39, 0.29) is 23.4 Å². The third-order valence-corrected chi connectivity index (χ3v) is 3.37. The van der Waals surface area contributed by atoms with Crippen molar-refractivity contribution in [3.05, 3.63) is 29.3 Å². The van der Waals surface area contributed by atoms with Crippen LogP contribution >= 0.6 is 0 Å². The second kappa shape index (κ2) is 5.00. The van der Waals surface area contributed by atoms with Crippen molar-refractivity contribution in [1.82, 2.24) is 0 Å². The Hall–Kier alpha value is -1.16. The van der Waals surface area contributed by atoms with Gasteiger partial charge < -0.3 is 10.0 Å². The van der Waals surface area contributed by atoms with Crippen molar-refractivity contribution in [3.8, 4) is 0 Å². The molecular weight excluding hydrogens is 224 g/mol. The van der Waals surface area contributed by atoms with E-state index in [9.17, 15) is 8.78 Å². The van der Waals surface area contributed by atoms with E-state index in [1.807, 2.05) is 20.8 Å². The Kier molecular flexibility index (Phi) is 4.09. The lowest BCUT2D eigenvalue weighted by atomic mass is 9.98. The Labute approximate surface area is 101 Å². The summed E-state index contributed by atoms with van der Waals surface area (Å²) in [5.74, 6) is -1.28. The Morgan fingerprint density at radius 2 is 1.71 bits per heavy atom. The second-order valence-electron chi connectivity index (χ2n) is 4.79. The number of hydrogen-bond acceptors (Lipinski definition) is 2. The van der Waals surface area contributed by atoms with Crippen LogP contribution in [0, 0.1) is 11.6 Å². The lowest BCUT2D eigenvalue weighted by molar-refractivity contribution is 0.280. The van der Waals surface area contributed by atoms with E-state index >= 15 is 0 Å². The van der Waals surface area contributed by atoms with Crippen LogP contribution in [-0.4, -0.2) is 17.7 Å². The number of nitrogens with zero attached hydrogens (tertiary/aromatic N) is 1. The molecule has 96 valence electrons. The van der Waals surface area contributed by atoms with Crippen LogP contribution in [0.2, 0.25) is 0 Å². The first kappa shape index (κ1) is 13.9. The summed E-state index contributed by atoms with van der Waals surface area (Å²) < 4.78 is 27.6. The van der Waals surface area contributed by atoms with Crippen molar-refractivity contribution in [2.75, 3.05) is 11.9 Å². The first-order chi connectivity index (χ1) is 7.83. The molecular formula is C13H19F2NO. The van der Waals surface area contributed by atoms with E-state index in [0.29, 0.717) is 0 Å². The highest BCUT2D eigenvalue weighted by atomic mass is 19.1. The fraction of sp³-hybridized carbons (Fsp3) is 0.538.